The molecule has 0 heterocycles. The summed E-state index contributed by atoms with van der Waals surface area (Å²) < 4.78 is 12.5. The summed E-state index contributed by atoms with van der Waals surface area (Å²) in [4.78, 5) is 24.3. The van der Waals surface area contributed by atoms with Crippen LogP contribution in [0.4, 0.5) is 4.79 Å². The van der Waals surface area contributed by atoms with Crippen LogP contribution >= 0.6 is 0 Å². The molecule has 8 heteroatoms. The molecule has 0 aliphatic carbocycles. The van der Waals surface area contributed by atoms with Gasteiger partial charge in [0.1, 0.15) is 6.54 Å². The van der Waals surface area contributed by atoms with Gasteiger partial charge in [-0.05, 0) is 39.3 Å². The van der Waals surface area contributed by atoms with Crippen molar-refractivity contribution in [1.82, 2.24) is 4.57 Å². The molecule has 0 aliphatic heterocycles. The van der Waals surface area contributed by atoms with Crippen LogP contribution < -0.4 is 0 Å². The van der Waals surface area contributed by atoms with Crippen molar-refractivity contribution >= 4 is 36.9 Å². The molecule has 0 aromatic rings. The van der Waals surface area contributed by atoms with Crippen molar-refractivity contribution in [2.45, 2.75) is 58.9 Å². The van der Waals surface area contributed by atoms with E-state index in [2.05, 4.69) is 0 Å². The zero-order valence-electron chi connectivity index (χ0n) is 14.3. The van der Waals surface area contributed by atoms with E-state index in [9.17, 15) is 9.59 Å². The van der Waals surface area contributed by atoms with Gasteiger partial charge in [-0.3, -0.25) is 4.79 Å². The SMILES string of the molecule is C[Si](C)(C)OC(=O)CN(C(=O)O[Si](C)(C)C)[Si](C)(C)C. The maximum Gasteiger partial charge on any atom is 0.388 e. The molecule has 0 bridgehead atoms. The van der Waals surface area contributed by atoms with E-state index in [4.69, 9.17) is 8.85 Å². The molecule has 0 fully saturated rings. The first-order valence-corrected chi connectivity index (χ1v) is 17.1. The fraction of sp³-hybridized carbons (Fsp3) is 0.833. The molecule has 0 aliphatic rings. The Morgan fingerprint density at radius 1 is 0.800 bits per heavy atom. The quantitative estimate of drug-likeness (QED) is 0.722. The van der Waals surface area contributed by atoms with Gasteiger partial charge in [-0.25, -0.2) is 4.79 Å². The molecule has 5 nitrogen and oxygen atoms in total. The number of carbonyl (C=O) groups is 2. The predicted octanol–water partition coefficient (Wildman–Crippen LogP) is 3.47. The fourth-order valence-electron chi connectivity index (χ4n) is 1.40. The van der Waals surface area contributed by atoms with E-state index in [1.807, 2.05) is 58.9 Å². The molecule has 0 spiro atoms. The molecule has 0 N–H and O–H groups in total. The maximum absolute atomic E-state index is 12.3. The number of hydrogen-bond acceptors (Lipinski definition) is 4. The van der Waals surface area contributed by atoms with Gasteiger partial charge in [0, 0.05) is 0 Å². The zero-order valence-corrected chi connectivity index (χ0v) is 17.3. The van der Waals surface area contributed by atoms with Gasteiger partial charge >= 0.3 is 12.1 Å². The molecule has 20 heavy (non-hydrogen) atoms. The summed E-state index contributed by atoms with van der Waals surface area (Å²) in [6, 6.07) is 0. The van der Waals surface area contributed by atoms with Crippen molar-refractivity contribution in [2.75, 3.05) is 6.54 Å². The molecule has 0 saturated heterocycles. The summed E-state index contributed by atoms with van der Waals surface area (Å²) in [6.07, 6.45) is -0.379. The Kier molecular flexibility index (Phi) is 6.24. The Morgan fingerprint density at radius 3 is 1.50 bits per heavy atom. The van der Waals surface area contributed by atoms with Crippen molar-refractivity contribution < 1.29 is 18.4 Å². The summed E-state index contributed by atoms with van der Waals surface area (Å²) in [7, 11) is -5.90. The number of amides is 1. The molecule has 118 valence electrons. The average Bonchev–Trinajstić information content (AvgIpc) is 2.05. The zero-order chi connectivity index (χ0) is 16.4. The summed E-state index contributed by atoms with van der Waals surface area (Å²) >= 11 is 0. The molecule has 0 radical (unpaired) electrons. The molecule has 0 unspecified atom stereocenters. The van der Waals surface area contributed by atoms with E-state index >= 15 is 0 Å². The minimum atomic E-state index is -1.99. The van der Waals surface area contributed by atoms with E-state index in [-0.39, 0.29) is 18.6 Å². The number of nitrogens with zero attached hydrogens (tertiary/aromatic N) is 1. The minimum absolute atomic E-state index is 0.0106. The van der Waals surface area contributed by atoms with Crippen molar-refractivity contribution in [2.24, 2.45) is 0 Å². The van der Waals surface area contributed by atoms with Crippen LogP contribution in [0.1, 0.15) is 0 Å². The van der Waals surface area contributed by atoms with Gasteiger partial charge < -0.3 is 13.4 Å². The topological polar surface area (TPSA) is 55.8 Å². The highest BCUT2D eigenvalue weighted by molar-refractivity contribution is 6.77. The highest BCUT2D eigenvalue weighted by Crippen LogP contribution is 2.15. The third-order valence-corrected chi connectivity index (χ3v) is 5.72. The second kappa shape index (κ2) is 6.44. The molecule has 0 rings (SSSR count). The largest absolute Gasteiger partial charge is 0.519 e. The molecule has 0 aromatic carbocycles. The summed E-state index contributed by atoms with van der Waals surface area (Å²) in [5, 5.41) is 0. The van der Waals surface area contributed by atoms with Crippen LogP contribution in [0.15, 0.2) is 0 Å². The maximum atomic E-state index is 12.3. The first-order chi connectivity index (χ1) is 8.62. The summed E-state index contributed by atoms with van der Waals surface area (Å²) in [5.74, 6) is -0.334. The van der Waals surface area contributed by atoms with Crippen LogP contribution in [-0.2, 0) is 13.6 Å². The van der Waals surface area contributed by atoms with Crippen molar-refractivity contribution in [3.63, 3.8) is 0 Å². The Morgan fingerprint density at radius 2 is 1.20 bits per heavy atom. The molecule has 0 aromatic heterocycles. The van der Waals surface area contributed by atoms with E-state index in [0.717, 1.165) is 0 Å². The van der Waals surface area contributed by atoms with E-state index in [1.54, 1.807) is 4.57 Å². The van der Waals surface area contributed by atoms with Gasteiger partial charge in [0.05, 0.1) is 0 Å². The molecule has 0 saturated carbocycles. The van der Waals surface area contributed by atoms with Crippen LogP contribution in [-0.4, -0.2) is 48.0 Å². The average molecular weight is 336 g/mol. The first kappa shape index (κ1) is 19.4. The lowest BCUT2D eigenvalue weighted by molar-refractivity contribution is -0.135. The first-order valence-electron chi connectivity index (χ1n) is 6.84. The van der Waals surface area contributed by atoms with Crippen LogP contribution in [0, 0.1) is 0 Å². The van der Waals surface area contributed by atoms with Crippen LogP contribution in [0.5, 0.6) is 0 Å². The number of carbonyl (C=O) groups excluding carboxylic acids is 2. The monoisotopic (exact) mass is 335 g/mol. The van der Waals surface area contributed by atoms with E-state index < -0.39 is 24.9 Å². The van der Waals surface area contributed by atoms with Crippen molar-refractivity contribution in [3.8, 4) is 0 Å². The van der Waals surface area contributed by atoms with Gasteiger partial charge in [0.2, 0.25) is 16.6 Å². The number of rotatable bonds is 5. The molecule has 1 amide bonds. The fourth-order valence-corrected chi connectivity index (χ4v) is 4.07. The molecular formula is C12H29NO4Si3. The van der Waals surface area contributed by atoms with Gasteiger partial charge in [-0.2, -0.15) is 0 Å². The Balaban J connectivity index is 4.93. The normalized spacial score (nSPS) is 12.8. The lowest BCUT2D eigenvalue weighted by atomic mass is 10.7. The summed E-state index contributed by atoms with van der Waals surface area (Å²) in [6.45, 7) is 17.7. The van der Waals surface area contributed by atoms with Crippen LogP contribution in [0.3, 0.4) is 0 Å². The Bertz CT molecular complexity index is 366. The van der Waals surface area contributed by atoms with Gasteiger partial charge in [-0.15, -0.1) is 0 Å². The lowest BCUT2D eigenvalue weighted by Crippen LogP contribution is -2.54. The standard InChI is InChI=1S/C12H29NO4Si3/c1-18(2,3)13(12(15)17-20(7,8)9)10-11(14)16-19(4,5)6/h10H2,1-9H3. The Hall–Kier alpha value is -0.609. The highest BCUT2D eigenvalue weighted by Gasteiger charge is 2.35. The van der Waals surface area contributed by atoms with Gasteiger partial charge in [0.25, 0.3) is 0 Å². The van der Waals surface area contributed by atoms with Crippen LogP contribution in [0.25, 0.3) is 0 Å². The van der Waals surface area contributed by atoms with E-state index in [1.165, 1.54) is 0 Å². The lowest BCUT2D eigenvalue weighted by Gasteiger charge is -2.35. The van der Waals surface area contributed by atoms with Crippen molar-refractivity contribution in [3.05, 3.63) is 0 Å². The van der Waals surface area contributed by atoms with Gasteiger partial charge in [-0.1, -0.05) is 19.6 Å². The molecular weight excluding hydrogens is 306 g/mol. The second-order valence-electron chi connectivity index (χ2n) is 7.82. The van der Waals surface area contributed by atoms with E-state index in [0.29, 0.717) is 0 Å². The predicted molar refractivity (Wildman–Crippen MR) is 89.3 cm³/mol. The third kappa shape index (κ3) is 8.54. The van der Waals surface area contributed by atoms with Crippen molar-refractivity contribution in [1.29, 1.82) is 0 Å². The smallest absolute Gasteiger partial charge is 0.388 e. The summed E-state index contributed by atoms with van der Waals surface area (Å²) in [5.41, 5.74) is 0. The van der Waals surface area contributed by atoms with Crippen LogP contribution in [0.2, 0.25) is 58.9 Å². The third-order valence-electron chi connectivity index (χ3n) is 2.13. The minimum Gasteiger partial charge on any atom is -0.519 e. The Labute approximate surface area is 126 Å². The number of hydrogen-bond donors (Lipinski definition) is 0. The second-order valence-corrected chi connectivity index (χ2v) is 21.6. The highest BCUT2D eigenvalue weighted by atomic mass is 28.4. The van der Waals surface area contributed by atoms with Gasteiger partial charge in [0.15, 0.2) is 8.24 Å². The molecule has 0 atom stereocenters.